The lowest BCUT2D eigenvalue weighted by atomic mass is 10.2. The Bertz CT molecular complexity index is 817. The summed E-state index contributed by atoms with van der Waals surface area (Å²) in [6.07, 6.45) is 0. The van der Waals surface area contributed by atoms with Gasteiger partial charge >= 0.3 is 0 Å². The lowest BCUT2D eigenvalue weighted by Crippen LogP contribution is -1.95. The van der Waals surface area contributed by atoms with Crippen molar-refractivity contribution in [2.75, 3.05) is 14.2 Å². The standard InChI is InChI=1S/C15H13ClN2O2S/c1-8-4-5-12(21-8)15-17-10-6-9(19-2)7-11(20-3)13(10)14(16)18-15/h4-7H,1-3H3. The smallest absolute Gasteiger partial charge is 0.171 e. The Hall–Kier alpha value is -1.85. The summed E-state index contributed by atoms with van der Waals surface area (Å²) >= 11 is 7.96. The third-order valence-electron chi connectivity index (χ3n) is 3.11. The van der Waals surface area contributed by atoms with Gasteiger partial charge in [-0.2, -0.15) is 0 Å². The van der Waals surface area contributed by atoms with E-state index in [9.17, 15) is 0 Å². The number of nitrogens with zero attached hydrogens (tertiary/aromatic N) is 2. The van der Waals surface area contributed by atoms with Crippen LogP contribution in [-0.4, -0.2) is 24.2 Å². The first-order valence-electron chi connectivity index (χ1n) is 6.28. The quantitative estimate of drug-likeness (QED) is 0.673. The van der Waals surface area contributed by atoms with Crippen LogP contribution in [0.25, 0.3) is 21.6 Å². The van der Waals surface area contributed by atoms with Crippen LogP contribution >= 0.6 is 22.9 Å². The van der Waals surface area contributed by atoms with Crippen LogP contribution in [0, 0.1) is 6.92 Å². The number of thiophene rings is 1. The van der Waals surface area contributed by atoms with Crippen LogP contribution in [-0.2, 0) is 0 Å². The van der Waals surface area contributed by atoms with Crippen molar-refractivity contribution in [2.45, 2.75) is 6.92 Å². The minimum Gasteiger partial charge on any atom is -0.497 e. The monoisotopic (exact) mass is 320 g/mol. The van der Waals surface area contributed by atoms with Gasteiger partial charge in [0.2, 0.25) is 0 Å². The molecule has 0 amide bonds. The van der Waals surface area contributed by atoms with E-state index in [1.54, 1.807) is 31.6 Å². The van der Waals surface area contributed by atoms with Crippen molar-refractivity contribution in [1.82, 2.24) is 9.97 Å². The van der Waals surface area contributed by atoms with E-state index in [-0.39, 0.29) is 0 Å². The number of fused-ring (bicyclic) bond motifs is 1. The molecule has 0 saturated carbocycles. The van der Waals surface area contributed by atoms with Gasteiger partial charge in [0.05, 0.1) is 30.0 Å². The van der Waals surface area contributed by atoms with Crippen molar-refractivity contribution >= 4 is 33.8 Å². The van der Waals surface area contributed by atoms with E-state index in [0.29, 0.717) is 33.4 Å². The molecule has 0 spiro atoms. The second kappa shape index (κ2) is 5.50. The van der Waals surface area contributed by atoms with Gasteiger partial charge in [0, 0.05) is 17.0 Å². The van der Waals surface area contributed by atoms with E-state index >= 15 is 0 Å². The summed E-state index contributed by atoms with van der Waals surface area (Å²) in [6.45, 7) is 2.04. The van der Waals surface area contributed by atoms with Crippen LogP contribution in [0.1, 0.15) is 4.88 Å². The van der Waals surface area contributed by atoms with Gasteiger partial charge in [-0.25, -0.2) is 9.97 Å². The minimum atomic E-state index is 0.376. The number of benzene rings is 1. The molecule has 0 fully saturated rings. The lowest BCUT2D eigenvalue weighted by Gasteiger charge is -2.10. The minimum absolute atomic E-state index is 0.376. The average molecular weight is 321 g/mol. The number of ether oxygens (including phenoxy) is 2. The molecule has 0 bridgehead atoms. The Morgan fingerprint density at radius 2 is 1.90 bits per heavy atom. The maximum Gasteiger partial charge on any atom is 0.171 e. The number of hydrogen-bond donors (Lipinski definition) is 0. The van der Waals surface area contributed by atoms with E-state index in [1.165, 1.54) is 4.88 Å². The Kier molecular flexibility index (Phi) is 3.69. The molecule has 2 heterocycles. The lowest BCUT2D eigenvalue weighted by molar-refractivity contribution is 0.398. The van der Waals surface area contributed by atoms with Crippen LogP contribution < -0.4 is 9.47 Å². The van der Waals surface area contributed by atoms with Crippen LogP contribution in [0.15, 0.2) is 24.3 Å². The maximum atomic E-state index is 6.33. The molecule has 4 nitrogen and oxygen atoms in total. The SMILES string of the molecule is COc1cc(OC)c2c(Cl)nc(-c3ccc(C)s3)nc2c1. The van der Waals surface area contributed by atoms with Crippen molar-refractivity contribution in [2.24, 2.45) is 0 Å². The molecule has 0 aliphatic heterocycles. The van der Waals surface area contributed by atoms with E-state index in [2.05, 4.69) is 9.97 Å². The summed E-state index contributed by atoms with van der Waals surface area (Å²) in [5.74, 6) is 1.88. The van der Waals surface area contributed by atoms with E-state index in [1.807, 2.05) is 25.1 Å². The fourth-order valence-electron chi connectivity index (χ4n) is 2.10. The Labute approximate surface area is 131 Å². The van der Waals surface area contributed by atoms with Crippen molar-refractivity contribution in [3.63, 3.8) is 0 Å². The summed E-state index contributed by atoms with van der Waals surface area (Å²) < 4.78 is 10.6. The third-order valence-corrected chi connectivity index (χ3v) is 4.38. The normalized spacial score (nSPS) is 10.9. The van der Waals surface area contributed by atoms with Gasteiger partial charge in [0.25, 0.3) is 0 Å². The highest BCUT2D eigenvalue weighted by Gasteiger charge is 2.15. The number of halogens is 1. The predicted octanol–water partition coefficient (Wildman–Crippen LogP) is 4.34. The second-order valence-corrected chi connectivity index (χ2v) is 6.12. The molecule has 0 unspecified atom stereocenters. The molecular formula is C15H13ClN2O2S. The van der Waals surface area contributed by atoms with Crippen molar-refractivity contribution in [1.29, 1.82) is 0 Å². The summed E-state index contributed by atoms with van der Waals surface area (Å²) in [4.78, 5) is 11.2. The van der Waals surface area contributed by atoms with Crippen molar-refractivity contribution in [3.8, 4) is 22.2 Å². The highest BCUT2D eigenvalue weighted by atomic mass is 35.5. The molecule has 0 saturated heterocycles. The molecule has 21 heavy (non-hydrogen) atoms. The van der Waals surface area contributed by atoms with Gasteiger partial charge in [0.15, 0.2) is 5.82 Å². The van der Waals surface area contributed by atoms with E-state index in [0.717, 1.165) is 4.88 Å². The Balaban J connectivity index is 2.27. The Morgan fingerprint density at radius 3 is 2.52 bits per heavy atom. The summed E-state index contributed by atoms with van der Waals surface area (Å²) in [5.41, 5.74) is 0.701. The van der Waals surface area contributed by atoms with Gasteiger partial charge in [0.1, 0.15) is 16.7 Å². The number of aryl methyl sites for hydroxylation is 1. The number of rotatable bonds is 3. The number of aromatic nitrogens is 2. The predicted molar refractivity (Wildman–Crippen MR) is 85.7 cm³/mol. The summed E-state index contributed by atoms with van der Waals surface area (Å²) in [6, 6.07) is 7.63. The molecule has 108 valence electrons. The topological polar surface area (TPSA) is 44.2 Å². The summed E-state index contributed by atoms with van der Waals surface area (Å²) in [7, 11) is 3.19. The van der Waals surface area contributed by atoms with Crippen molar-refractivity contribution < 1.29 is 9.47 Å². The fourth-order valence-corrected chi connectivity index (χ4v) is 3.18. The van der Waals surface area contributed by atoms with Gasteiger partial charge in [-0.1, -0.05) is 11.6 Å². The second-order valence-electron chi connectivity index (χ2n) is 4.47. The molecule has 0 aliphatic rings. The average Bonchev–Trinajstić information content (AvgIpc) is 2.92. The molecule has 0 aliphatic carbocycles. The zero-order valence-electron chi connectivity index (χ0n) is 11.8. The third kappa shape index (κ3) is 2.54. The molecule has 1 aromatic carbocycles. The summed E-state index contributed by atoms with van der Waals surface area (Å²) in [5, 5.41) is 1.07. The van der Waals surface area contributed by atoms with Gasteiger partial charge < -0.3 is 9.47 Å². The largest absolute Gasteiger partial charge is 0.497 e. The molecule has 0 radical (unpaired) electrons. The zero-order valence-corrected chi connectivity index (χ0v) is 13.4. The van der Waals surface area contributed by atoms with E-state index in [4.69, 9.17) is 21.1 Å². The zero-order chi connectivity index (χ0) is 15.0. The van der Waals surface area contributed by atoms with E-state index < -0.39 is 0 Å². The van der Waals surface area contributed by atoms with Crippen LogP contribution in [0.5, 0.6) is 11.5 Å². The van der Waals surface area contributed by atoms with Gasteiger partial charge in [-0.15, -0.1) is 11.3 Å². The van der Waals surface area contributed by atoms with Gasteiger partial charge in [-0.05, 0) is 19.1 Å². The fraction of sp³-hybridized carbons (Fsp3) is 0.200. The molecular weight excluding hydrogens is 308 g/mol. The first-order chi connectivity index (χ1) is 10.1. The first-order valence-corrected chi connectivity index (χ1v) is 7.48. The highest BCUT2D eigenvalue weighted by Crippen LogP contribution is 2.36. The molecule has 0 N–H and O–H groups in total. The van der Waals surface area contributed by atoms with Gasteiger partial charge in [-0.3, -0.25) is 0 Å². The molecule has 2 aromatic heterocycles. The number of methoxy groups -OCH3 is 2. The molecule has 3 aromatic rings. The highest BCUT2D eigenvalue weighted by molar-refractivity contribution is 7.15. The molecule has 0 atom stereocenters. The Morgan fingerprint density at radius 1 is 1.10 bits per heavy atom. The molecule has 3 rings (SSSR count). The first kappa shape index (κ1) is 14.1. The van der Waals surface area contributed by atoms with Crippen LogP contribution in [0.2, 0.25) is 5.15 Å². The number of hydrogen-bond acceptors (Lipinski definition) is 5. The van der Waals surface area contributed by atoms with Crippen LogP contribution in [0.4, 0.5) is 0 Å². The van der Waals surface area contributed by atoms with Crippen LogP contribution in [0.3, 0.4) is 0 Å². The maximum absolute atomic E-state index is 6.33. The van der Waals surface area contributed by atoms with Crippen molar-refractivity contribution in [3.05, 3.63) is 34.3 Å². The molecule has 6 heteroatoms.